The molecule has 94 valence electrons. The molecular formula is C14H20FNO. The van der Waals surface area contributed by atoms with Crippen molar-refractivity contribution in [3.8, 4) is 0 Å². The van der Waals surface area contributed by atoms with Gasteiger partial charge in [-0.1, -0.05) is 26.3 Å². The van der Waals surface area contributed by atoms with E-state index in [0.29, 0.717) is 0 Å². The monoisotopic (exact) mass is 237 g/mol. The number of benzene rings is 1. The van der Waals surface area contributed by atoms with Crippen molar-refractivity contribution >= 4 is 5.78 Å². The van der Waals surface area contributed by atoms with Crippen LogP contribution in [0.4, 0.5) is 4.39 Å². The SMILES string of the molecule is CCC(C)C(N)C(=O)Cc1ccc(F)cc1C. The third-order valence-corrected chi connectivity index (χ3v) is 3.30. The Labute approximate surface area is 102 Å². The highest BCUT2D eigenvalue weighted by molar-refractivity contribution is 5.86. The normalized spacial score (nSPS) is 14.4. The fourth-order valence-corrected chi connectivity index (χ4v) is 1.73. The highest BCUT2D eigenvalue weighted by Gasteiger charge is 2.19. The van der Waals surface area contributed by atoms with Crippen LogP contribution < -0.4 is 5.73 Å². The van der Waals surface area contributed by atoms with Gasteiger partial charge in [-0.25, -0.2) is 4.39 Å². The Morgan fingerprint density at radius 1 is 1.47 bits per heavy atom. The molecule has 1 rings (SSSR count). The van der Waals surface area contributed by atoms with Gasteiger partial charge in [0.2, 0.25) is 0 Å². The number of halogens is 1. The third-order valence-electron chi connectivity index (χ3n) is 3.30. The fraction of sp³-hybridized carbons (Fsp3) is 0.500. The van der Waals surface area contributed by atoms with E-state index in [9.17, 15) is 9.18 Å². The number of nitrogens with two attached hydrogens (primary N) is 1. The van der Waals surface area contributed by atoms with Crippen LogP contribution in [0, 0.1) is 18.7 Å². The average molecular weight is 237 g/mol. The van der Waals surface area contributed by atoms with Crippen LogP contribution in [0.15, 0.2) is 18.2 Å². The van der Waals surface area contributed by atoms with Crippen LogP contribution in [0.5, 0.6) is 0 Å². The summed E-state index contributed by atoms with van der Waals surface area (Å²) in [5, 5.41) is 0. The summed E-state index contributed by atoms with van der Waals surface area (Å²) >= 11 is 0. The molecule has 3 heteroatoms. The second-order valence-corrected chi connectivity index (χ2v) is 4.63. The summed E-state index contributed by atoms with van der Waals surface area (Å²) in [6, 6.07) is 4.05. The molecule has 0 radical (unpaired) electrons. The molecule has 1 aromatic rings. The van der Waals surface area contributed by atoms with E-state index in [0.717, 1.165) is 17.5 Å². The zero-order chi connectivity index (χ0) is 13.0. The maximum absolute atomic E-state index is 12.9. The Kier molecular flexibility index (Phi) is 4.82. The summed E-state index contributed by atoms with van der Waals surface area (Å²) < 4.78 is 12.9. The van der Waals surface area contributed by atoms with Gasteiger partial charge in [0.15, 0.2) is 5.78 Å². The standard InChI is InChI=1S/C14H20FNO/c1-4-9(2)14(16)13(17)8-11-5-6-12(15)7-10(11)3/h5-7,9,14H,4,8,16H2,1-3H3. The average Bonchev–Trinajstić information content (AvgIpc) is 2.30. The number of rotatable bonds is 5. The van der Waals surface area contributed by atoms with Gasteiger partial charge >= 0.3 is 0 Å². The molecule has 0 saturated carbocycles. The zero-order valence-electron chi connectivity index (χ0n) is 10.7. The summed E-state index contributed by atoms with van der Waals surface area (Å²) in [4.78, 5) is 11.9. The van der Waals surface area contributed by atoms with Crippen LogP contribution in [0.2, 0.25) is 0 Å². The summed E-state index contributed by atoms with van der Waals surface area (Å²) in [6.07, 6.45) is 1.17. The lowest BCUT2D eigenvalue weighted by atomic mass is 9.92. The number of aryl methyl sites for hydroxylation is 1. The second-order valence-electron chi connectivity index (χ2n) is 4.63. The van der Waals surface area contributed by atoms with E-state index < -0.39 is 6.04 Å². The van der Waals surface area contributed by atoms with E-state index in [4.69, 9.17) is 5.73 Å². The molecule has 0 saturated heterocycles. The molecule has 0 aliphatic heterocycles. The smallest absolute Gasteiger partial charge is 0.154 e. The number of ketones is 1. The molecule has 2 unspecified atom stereocenters. The first-order valence-corrected chi connectivity index (χ1v) is 5.99. The maximum Gasteiger partial charge on any atom is 0.154 e. The van der Waals surface area contributed by atoms with E-state index in [1.807, 2.05) is 13.8 Å². The minimum Gasteiger partial charge on any atom is -0.321 e. The number of hydrogen-bond donors (Lipinski definition) is 1. The molecule has 0 aliphatic carbocycles. The van der Waals surface area contributed by atoms with Crippen LogP contribution in [0.1, 0.15) is 31.4 Å². The van der Waals surface area contributed by atoms with Crippen molar-refractivity contribution in [3.05, 3.63) is 35.1 Å². The molecule has 0 heterocycles. The lowest BCUT2D eigenvalue weighted by Crippen LogP contribution is -2.37. The van der Waals surface area contributed by atoms with Gasteiger partial charge < -0.3 is 5.73 Å². The van der Waals surface area contributed by atoms with E-state index in [2.05, 4.69) is 0 Å². The minimum atomic E-state index is -0.426. The highest BCUT2D eigenvalue weighted by atomic mass is 19.1. The van der Waals surface area contributed by atoms with E-state index in [-0.39, 0.29) is 23.9 Å². The minimum absolute atomic E-state index is 0.0223. The molecule has 1 aromatic carbocycles. The zero-order valence-corrected chi connectivity index (χ0v) is 10.7. The molecule has 0 aliphatic rings. The number of hydrogen-bond acceptors (Lipinski definition) is 2. The van der Waals surface area contributed by atoms with Gasteiger partial charge in [0.1, 0.15) is 5.82 Å². The lowest BCUT2D eigenvalue weighted by Gasteiger charge is -2.17. The first-order valence-electron chi connectivity index (χ1n) is 5.99. The number of carbonyl (C=O) groups is 1. The fourth-order valence-electron chi connectivity index (χ4n) is 1.73. The molecule has 0 bridgehead atoms. The van der Waals surface area contributed by atoms with Crippen molar-refractivity contribution in [1.29, 1.82) is 0 Å². The van der Waals surface area contributed by atoms with Crippen molar-refractivity contribution < 1.29 is 9.18 Å². The van der Waals surface area contributed by atoms with Gasteiger partial charge in [0, 0.05) is 6.42 Å². The topological polar surface area (TPSA) is 43.1 Å². The Morgan fingerprint density at radius 3 is 2.65 bits per heavy atom. The van der Waals surface area contributed by atoms with Crippen LogP contribution >= 0.6 is 0 Å². The molecule has 2 N–H and O–H groups in total. The molecule has 0 fully saturated rings. The third kappa shape index (κ3) is 3.63. The van der Waals surface area contributed by atoms with Gasteiger partial charge in [0.25, 0.3) is 0 Å². The number of Topliss-reactive ketones (excluding diaryl/α,β-unsaturated/α-hetero) is 1. The predicted molar refractivity (Wildman–Crippen MR) is 67.3 cm³/mol. The van der Waals surface area contributed by atoms with Crippen LogP contribution in [-0.2, 0) is 11.2 Å². The first-order chi connectivity index (χ1) is 7.95. The molecule has 17 heavy (non-hydrogen) atoms. The molecule has 0 amide bonds. The van der Waals surface area contributed by atoms with Crippen molar-refractivity contribution in [3.63, 3.8) is 0 Å². The van der Waals surface area contributed by atoms with Crippen molar-refractivity contribution in [2.75, 3.05) is 0 Å². The summed E-state index contributed by atoms with van der Waals surface area (Å²) in [5.41, 5.74) is 7.53. The van der Waals surface area contributed by atoms with Crippen molar-refractivity contribution in [2.24, 2.45) is 11.7 Å². The van der Waals surface area contributed by atoms with E-state index in [1.165, 1.54) is 12.1 Å². The van der Waals surface area contributed by atoms with Gasteiger partial charge in [-0.2, -0.15) is 0 Å². The molecular weight excluding hydrogens is 217 g/mol. The molecule has 2 nitrogen and oxygen atoms in total. The van der Waals surface area contributed by atoms with Crippen LogP contribution in [-0.4, -0.2) is 11.8 Å². The first kappa shape index (κ1) is 13.8. The predicted octanol–water partition coefficient (Wildman–Crippen LogP) is 2.62. The Hall–Kier alpha value is -1.22. The van der Waals surface area contributed by atoms with Gasteiger partial charge in [-0.3, -0.25) is 4.79 Å². The molecule has 2 atom stereocenters. The van der Waals surface area contributed by atoms with Crippen molar-refractivity contribution in [2.45, 2.75) is 39.7 Å². The van der Waals surface area contributed by atoms with Crippen molar-refractivity contribution in [1.82, 2.24) is 0 Å². The van der Waals surface area contributed by atoms with Crippen LogP contribution in [0.3, 0.4) is 0 Å². The number of carbonyl (C=O) groups excluding carboxylic acids is 1. The lowest BCUT2D eigenvalue weighted by molar-refractivity contribution is -0.120. The Balaban J connectivity index is 2.74. The van der Waals surface area contributed by atoms with Gasteiger partial charge in [0.05, 0.1) is 6.04 Å². The molecule has 0 spiro atoms. The highest BCUT2D eigenvalue weighted by Crippen LogP contribution is 2.14. The van der Waals surface area contributed by atoms with Crippen LogP contribution in [0.25, 0.3) is 0 Å². The Bertz CT molecular complexity index is 403. The summed E-state index contributed by atoms with van der Waals surface area (Å²) in [6.45, 7) is 5.79. The van der Waals surface area contributed by atoms with Gasteiger partial charge in [-0.15, -0.1) is 0 Å². The quantitative estimate of drug-likeness (QED) is 0.855. The van der Waals surface area contributed by atoms with E-state index >= 15 is 0 Å². The maximum atomic E-state index is 12.9. The van der Waals surface area contributed by atoms with E-state index in [1.54, 1.807) is 13.0 Å². The Morgan fingerprint density at radius 2 is 2.12 bits per heavy atom. The second kappa shape index (κ2) is 5.92. The largest absolute Gasteiger partial charge is 0.321 e. The summed E-state index contributed by atoms with van der Waals surface area (Å²) in [7, 11) is 0. The summed E-state index contributed by atoms with van der Waals surface area (Å²) in [5.74, 6) is -0.0674. The van der Waals surface area contributed by atoms with Gasteiger partial charge in [-0.05, 0) is 36.1 Å². The molecule has 0 aromatic heterocycles.